The van der Waals surface area contributed by atoms with Crippen LogP contribution in [0.2, 0.25) is 24.7 Å². The molecule has 4 heteroatoms. The van der Waals surface area contributed by atoms with Crippen molar-refractivity contribution in [2.24, 2.45) is 0 Å². The lowest BCUT2D eigenvalue weighted by Crippen LogP contribution is -2.30. The number of rotatable bonds is 6. The van der Waals surface area contributed by atoms with Crippen LogP contribution < -0.4 is 4.74 Å². The molecule has 102 valence electrons. The molecule has 0 N–H and O–H groups in total. The van der Waals surface area contributed by atoms with Gasteiger partial charge < -0.3 is 4.74 Å². The van der Waals surface area contributed by atoms with E-state index in [0.717, 1.165) is 12.5 Å². The van der Waals surface area contributed by atoms with Crippen LogP contribution in [-0.2, 0) is 0 Å². The van der Waals surface area contributed by atoms with Gasteiger partial charge in [-0.25, -0.2) is 0 Å². The van der Waals surface area contributed by atoms with Gasteiger partial charge >= 0.3 is 0 Å². The number of aromatic nitrogens is 2. The van der Waals surface area contributed by atoms with Crippen molar-refractivity contribution in [1.29, 1.82) is 0 Å². The third kappa shape index (κ3) is 2.79. The fourth-order valence-corrected chi connectivity index (χ4v) is 5.04. The lowest BCUT2D eigenvalue weighted by atomic mass is 10.3. The highest BCUT2D eigenvalue weighted by molar-refractivity contribution is 6.80. The maximum absolute atomic E-state index is 5.80. The molecular weight excluding hydrogens is 240 g/mol. The summed E-state index contributed by atoms with van der Waals surface area (Å²) >= 11 is 0. The molecule has 0 saturated heterocycles. The van der Waals surface area contributed by atoms with E-state index in [9.17, 15) is 0 Å². The summed E-state index contributed by atoms with van der Waals surface area (Å²) in [5, 5.41) is 5.06. The lowest BCUT2D eigenvalue weighted by molar-refractivity contribution is 0.286. The molecule has 0 amide bonds. The minimum atomic E-state index is -1.03. The summed E-state index contributed by atoms with van der Waals surface area (Å²) in [6.07, 6.45) is 6.02. The van der Waals surface area contributed by atoms with E-state index in [1.807, 2.05) is 16.9 Å². The molecule has 0 radical (unpaired) electrons. The Morgan fingerprint density at radius 2 is 2.06 bits per heavy atom. The molecule has 0 aliphatic heterocycles. The molecule has 1 saturated carbocycles. The van der Waals surface area contributed by atoms with Crippen molar-refractivity contribution in [2.45, 2.75) is 63.8 Å². The van der Waals surface area contributed by atoms with Gasteiger partial charge in [-0.1, -0.05) is 19.6 Å². The second-order valence-corrected chi connectivity index (χ2v) is 12.4. The Kier molecular flexibility index (Phi) is 3.58. The van der Waals surface area contributed by atoms with Gasteiger partial charge in [0.15, 0.2) is 0 Å². The molecule has 1 fully saturated rings. The second-order valence-electron chi connectivity index (χ2n) is 6.86. The van der Waals surface area contributed by atoms with Crippen molar-refractivity contribution in [3.05, 3.63) is 12.3 Å². The summed E-state index contributed by atoms with van der Waals surface area (Å²) in [7, 11) is -1.03. The number of hydrogen-bond acceptors (Lipinski definition) is 2. The highest BCUT2D eigenvalue weighted by Gasteiger charge is 2.52. The molecule has 3 nitrogen and oxygen atoms in total. The van der Waals surface area contributed by atoms with Crippen molar-refractivity contribution in [2.75, 3.05) is 6.61 Å². The van der Waals surface area contributed by atoms with Crippen LogP contribution in [0.25, 0.3) is 0 Å². The molecule has 0 bridgehead atoms. The molecule has 2 rings (SSSR count). The Morgan fingerprint density at radius 1 is 1.39 bits per heavy atom. The van der Waals surface area contributed by atoms with Crippen LogP contribution in [0.1, 0.15) is 39.2 Å². The molecular formula is C14H26N2OSi. The van der Waals surface area contributed by atoms with Gasteiger partial charge in [-0.2, -0.15) is 0 Å². The first kappa shape index (κ1) is 13.7. The second kappa shape index (κ2) is 4.72. The summed E-state index contributed by atoms with van der Waals surface area (Å²) in [6.45, 7) is 12.5. The van der Waals surface area contributed by atoms with Gasteiger partial charge in [-0.05, 0) is 38.1 Å². The zero-order chi connectivity index (χ0) is 13.4. The van der Waals surface area contributed by atoms with E-state index in [4.69, 9.17) is 4.74 Å². The smallest absolute Gasteiger partial charge is 0.232 e. The number of hydrogen-bond donors (Lipinski definition) is 0. The number of ether oxygens (including phenoxy) is 1. The van der Waals surface area contributed by atoms with Crippen LogP contribution >= 0.6 is 0 Å². The van der Waals surface area contributed by atoms with Gasteiger partial charge in [-0.15, -0.1) is 5.10 Å². The van der Waals surface area contributed by atoms with Crippen molar-refractivity contribution < 1.29 is 4.74 Å². The third-order valence-corrected chi connectivity index (χ3v) is 8.32. The predicted octanol–water partition coefficient (Wildman–Crippen LogP) is 4.11. The van der Waals surface area contributed by atoms with Crippen molar-refractivity contribution in [1.82, 2.24) is 9.78 Å². The van der Waals surface area contributed by atoms with E-state index in [-0.39, 0.29) is 0 Å². The Balaban J connectivity index is 1.82. The van der Waals surface area contributed by atoms with Crippen LogP contribution in [0.5, 0.6) is 5.88 Å². The summed E-state index contributed by atoms with van der Waals surface area (Å²) < 4.78 is 7.74. The summed E-state index contributed by atoms with van der Waals surface area (Å²) in [4.78, 5) is 0. The van der Waals surface area contributed by atoms with E-state index in [1.54, 1.807) is 0 Å². The molecule has 1 aliphatic carbocycles. The van der Waals surface area contributed by atoms with Crippen molar-refractivity contribution >= 4 is 8.07 Å². The molecule has 1 aliphatic rings. The quantitative estimate of drug-likeness (QED) is 0.725. The molecule has 1 heterocycles. The molecule has 0 atom stereocenters. The Morgan fingerprint density at radius 3 is 2.50 bits per heavy atom. The minimum Gasteiger partial charge on any atom is -0.477 e. The first-order chi connectivity index (χ1) is 8.34. The molecule has 0 aromatic carbocycles. The average Bonchev–Trinajstić information content (AvgIpc) is 2.89. The maximum Gasteiger partial charge on any atom is 0.232 e. The van der Waals surface area contributed by atoms with E-state index in [2.05, 4.69) is 38.6 Å². The largest absolute Gasteiger partial charge is 0.477 e. The topological polar surface area (TPSA) is 27.1 Å². The third-order valence-electron chi connectivity index (χ3n) is 4.39. The van der Waals surface area contributed by atoms with Gasteiger partial charge in [0.1, 0.15) is 0 Å². The summed E-state index contributed by atoms with van der Waals surface area (Å²) in [6, 6.07) is 2.37. The fraction of sp³-hybridized carbons (Fsp3) is 0.786. The van der Waals surface area contributed by atoms with E-state index in [0.29, 0.717) is 11.1 Å². The molecule has 1 aromatic rings. The van der Waals surface area contributed by atoms with Crippen LogP contribution in [0.15, 0.2) is 12.3 Å². The van der Waals surface area contributed by atoms with Gasteiger partial charge in [0.25, 0.3) is 0 Å². The van der Waals surface area contributed by atoms with Gasteiger partial charge in [-0.3, -0.25) is 4.68 Å². The zero-order valence-corrected chi connectivity index (χ0v) is 13.4. The molecule has 18 heavy (non-hydrogen) atoms. The molecule has 1 aromatic heterocycles. The van der Waals surface area contributed by atoms with E-state index < -0.39 is 8.07 Å². The minimum absolute atomic E-state index is 0.402. The molecule has 0 unspecified atom stereocenters. The average molecular weight is 266 g/mol. The van der Waals surface area contributed by atoms with Crippen LogP contribution in [-0.4, -0.2) is 24.5 Å². The summed E-state index contributed by atoms with van der Waals surface area (Å²) in [5.74, 6) is 0.773. The van der Waals surface area contributed by atoms with Gasteiger partial charge in [0.2, 0.25) is 5.88 Å². The standard InChI is InChI=1S/C14H26N2OSi/c1-12(2)16-10-6-13(15-16)17-11-9-14(7-8-14)18(3,4)5/h6,10,12H,7-9,11H2,1-5H3. The van der Waals surface area contributed by atoms with E-state index >= 15 is 0 Å². The van der Waals surface area contributed by atoms with Gasteiger partial charge in [0.05, 0.1) is 14.7 Å². The maximum atomic E-state index is 5.80. The summed E-state index contributed by atoms with van der Waals surface area (Å²) in [5.41, 5.74) is 0. The van der Waals surface area contributed by atoms with Crippen LogP contribution in [0.4, 0.5) is 0 Å². The SMILES string of the molecule is CC(C)n1ccc(OCCC2([Si](C)(C)C)CC2)n1. The van der Waals surface area contributed by atoms with Crippen molar-refractivity contribution in [3.63, 3.8) is 0 Å². The van der Waals surface area contributed by atoms with Crippen molar-refractivity contribution in [3.8, 4) is 5.88 Å². The lowest BCUT2D eigenvalue weighted by Gasteiger charge is -2.28. The monoisotopic (exact) mass is 266 g/mol. The fourth-order valence-electron chi connectivity index (χ4n) is 2.56. The zero-order valence-electron chi connectivity index (χ0n) is 12.4. The highest BCUT2D eigenvalue weighted by Crippen LogP contribution is 2.63. The van der Waals surface area contributed by atoms with E-state index in [1.165, 1.54) is 19.3 Å². The Labute approximate surface area is 112 Å². The Bertz CT molecular complexity index is 402. The first-order valence-electron chi connectivity index (χ1n) is 7.02. The Hall–Kier alpha value is -0.773. The molecule has 0 spiro atoms. The van der Waals surface area contributed by atoms with Crippen LogP contribution in [0, 0.1) is 0 Å². The van der Waals surface area contributed by atoms with Crippen LogP contribution in [0.3, 0.4) is 0 Å². The highest BCUT2D eigenvalue weighted by atomic mass is 28.3. The number of nitrogens with zero attached hydrogens (tertiary/aromatic N) is 2. The first-order valence-corrected chi connectivity index (χ1v) is 10.5. The predicted molar refractivity (Wildman–Crippen MR) is 78.0 cm³/mol. The van der Waals surface area contributed by atoms with Gasteiger partial charge in [0, 0.05) is 18.3 Å². The normalized spacial score (nSPS) is 18.1.